The van der Waals surface area contributed by atoms with Gasteiger partial charge < -0.3 is 26.5 Å². The first-order valence-electron chi connectivity index (χ1n) is 5.21. The highest BCUT2D eigenvalue weighted by atomic mass is 79.9. The largest absolute Gasteiger partial charge is 1.00 e. The molecule has 1 aromatic rings. The highest BCUT2D eigenvalue weighted by Crippen LogP contribution is 1.84. The zero-order chi connectivity index (χ0) is 10.9. The molecular weight excluding hydrogens is 272 g/mol. The molecule has 5 heteroatoms. The number of halogens is 1. The zero-order valence-electron chi connectivity index (χ0n) is 9.64. The molecule has 0 aliphatic rings. The second-order valence-electron chi connectivity index (χ2n) is 3.09. The summed E-state index contributed by atoms with van der Waals surface area (Å²) in [5.74, 6) is 0. The van der Waals surface area contributed by atoms with Crippen LogP contribution in [0.3, 0.4) is 0 Å². The average molecular weight is 291 g/mol. The Morgan fingerprint density at radius 1 is 1.31 bits per heavy atom. The molecule has 0 aromatic carbocycles. The summed E-state index contributed by atoms with van der Waals surface area (Å²) in [6.07, 6.45) is 7.67. The fourth-order valence-corrected chi connectivity index (χ4v) is 1.19. The first-order chi connectivity index (χ1) is 7.36. The summed E-state index contributed by atoms with van der Waals surface area (Å²) >= 11 is 0. The van der Waals surface area contributed by atoms with Gasteiger partial charge in [-0.2, -0.15) is 0 Å². The Kier molecular flexibility index (Phi) is 9.18. The van der Waals surface area contributed by atoms with Crippen molar-refractivity contribution in [2.75, 3.05) is 26.4 Å². The predicted molar refractivity (Wildman–Crippen MR) is 58.3 cm³/mol. The maximum absolute atomic E-state index is 5.40. The topological polar surface area (TPSA) is 27.3 Å². The molecule has 0 saturated carbocycles. The van der Waals surface area contributed by atoms with E-state index in [2.05, 4.69) is 11.1 Å². The zero-order valence-corrected chi connectivity index (χ0v) is 11.2. The van der Waals surface area contributed by atoms with E-state index in [1.165, 1.54) is 0 Å². The van der Waals surface area contributed by atoms with Gasteiger partial charge in [-0.25, -0.2) is 9.13 Å². The van der Waals surface area contributed by atoms with E-state index in [0.29, 0.717) is 19.8 Å². The van der Waals surface area contributed by atoms with Gasteiger partial charge in [0.15, 0.2) is 0 Å². The van der Waals surface area contributed by atoms with Gasteiger partial charge in [-0.15, -0.1) is 0 Å². The van der Waals surface area contributed by atoms with Gasteiger partial charge in [0.1, 0.15) is 18.9 Å². The van der Waals surface area contributed by atoms with Crippen molar-refractivity contribution < 1.29 is 31.0 Å². The van der Waals surface area contributed by atoms with Gasteiger partial charge >= 0.3 is 0 Å². The van der Waals surface area contributed by atoms with Gasteiger partial charge in [-0.1, -0.05) is 6.58 Å². The molecule has 16 heavy (non-hydrogen) atoms. The molecule has 0 atom stereocenters. The summed E-state index contributed by atoms with van der Waals surface area (Å²) in [5.41, 5.74) is 0. The van der Waals surface area contributed by atoms with Crippen LogP contribution in [0.15, 0.2) is 25.3 Å². The minimum atomic E-state index is 0. The molecule has 0 aliphatic heterocycles. The molecule has 0 aliphatic carbocycles. The number of rotatable bonds is 8. The fraction of sp³-hybridized carbons (Fsp3) is 0.545. The molecule has 0 radical (unpaired) electrons. The third kappa shape index (κ3) is 6.05. The quantitative estimate of drug-likeness (QED) is 0.407. The number of nitrogens with zero attached hydrogens (tertiary/aromatic N) is 2. The van der Waals surface area contributed by atoms with Gasteiger partial charge in [0.25, 0.3) is 0 Å². The Bertz CT molecular complexity index is 289. The molecule has 4 nitrogen and oxygen atoms in total. The molecule has 1 aromatic heterocycles. The predicted octanol–water partition coefficient (Wildman–Crippen LogP) is -2.07. The van der Waals surface area contributed by atoms with Crippen molar-refractivity contribution >= 4 is 6.20 Å². The lowest BCUT2D eigenvalue weighted by atomic mass is 10.6. The van der Waals surface area contributed by atoms with Crippen molar-refractivity contribution in [2.45, 2.75) is 13.5 Å². The third-order valence-corrected chi connectivity index (χ3v) is 1.99. The molecule has 0 fully saturated rings. The van der Waals surface area contributed by atoms with E-state index in [-0.39, 0.29) is 17.0 Å². The van der Waals surface area contributed by atoms with Crippen LogP contribution in [-0.4, -0.2) is 31.0 Å². The monoisotopic (exact) mass is 290 g/mol. The highest BCUT2D eigenvalue weighted by Gasteiger charge is 1.99. The number of imidazole rings is 1. The van der Waals surface area contributed by atoms with Crippen LogP contribution in [0.25, 0.3) is 6.20 Å². The van der Waals surface area contributed by atoms with Crippen LogP contribution >= 0.6 is 0 Å². The van der Waals surface area contributed by atoms with Gasteiger partial charge in [-0.05, 0) is 6.92 Å². The summed E-state index contributed by atoms with van der Waals surface area (Å²) in [7, 11) is 0. The second-order valence-corrected chi connectivity index (χ2v) is 3.09. The summed E-state index contributed by atoms with van der Waals surface area (Å²) in [4.78, 5) is 0. The van der Waals surface area contributed by atoms with Crippen LogP contribution in [0.5, 0.6) is 0 Å². The normalized spacial score (nSPS) is 9.81. The van der Waals surface area contributed by atoms with Gasteiger partial charge in [-0.3, -0.25) is 0 Å². The van der Waals surface area contributed by atoms with Crippen molar-refractivity contribution in [2.24, 2.45) is 0 Å². The van der Waals surface area contributed by atoms with E-state index >= 15 is 0 Å². The SMILES string of the molecule is C=Cn1cc[n+](CCOCCOCC)c1.[Br-]. The number of ether oxygens (including phenoxy) is 2. The maximum Gasteiger partial charge on any atom is 0.248 e. The first kappa shape index (κ1) is 15.3. The molecule has 0 bridgehead atoms. The molecule has 0 unspecified atom stereocenters. The first-order valence-corrected chi connectivity index (χ1v) is 5.21. The number of hydrogen-bond donors (Lipinski definition) is 0. The van der Waals surface area contributed by atoms with Gasteiger partial charge in [0.2, 0.25) is 6.33 Å². The van der Waals surface area contributed by atoms with E-state index in [4.69, 9.17) is 9.47 Å². The Hall–Kier alpha value is -0.650. The minimum Gasteiger partial charge on any atom is -1.00 e. The Labute approximate surface area is 107 Å². The summed E-state index contributed by atoms with van der Waals surface area (Å²) in [5, 5.41) is 0. The van der Waals surface area contributed by atoms with E-state index in [0.717, 1.165) is 13.2 Å². The summed E-state index contributed by atoms with van der Waals surface area (Å²) < 4.78 is 14.5. The average Bonchev–Trinajstić information content (AvgIpc) is 2.71. The van der Waals surface area contributed by atoms with Crippen LogP contribution in [0, 0.1) is 0 Å². The lowest BCUT2D eigenvalue weighted by Crippen LogP contribution is -3.00. The van der Waals surface area contributed by atoms with Crippen LogP contribution < -0.4 is 21.5 Å². The molecule has 1 heterocycles. The van der Waals surface area contributed by atoms with Crippen molar-refractivity contribution in [1.29, 1.82) is 0 Å². The van der Waals surface area contributed by atoms with Crippen molar-refractivity contribution in [3.05, 3.63) is 25.3 Å². The standard InChI is InChI=1S/C11H19N2O2.BrH/c1-3-12-5-6-13(11-12)7-8-15-10-9-14-4-2;/h3,5-6,11H,1,4,7-10H2,2H3;1H/q+1;/p-1. The Morgan fingerprint density at radius 2 is 2.06 bits per heavy atom. The van der Waals surface area contributed by atoms with Crippen molar-refractivity contribution in [3.8, 4) is 0 Å². The smallest absolute Gasteiger partial charge is 0.248 e. The second kappa shape index (κ2) is 9.57. The van der Waals surface area contributed by atoms with E-state index in [9.17, 15) is 0 Å². The van der Waals surface area contributed by atoms with Crippen LogP contribution in [0.2, 0.25) is 0 Å². The number of hydrogen-bond acceptors (Lipinski definition) is 2. The van der Waals surface area contributed by atoms with Crippen molar-refractivity contribution in [1.82, 2.24) is 4.57 Å². The lowest BCUT2D eigenvalue weighted by Gasteiger charge is -2.02. The minimum absolute atomic E-state index is 0. The van der Waals surface area contributed by atoms with E-state index in [1.54, 1.807) is 6.20 Å². The Balaban J connectivity index is 0.00000225. The van der Waals surface area contributed by atoms with Crippen LogP contribution in [0.4, 0.5) is 0 Å². The fourth-order valence-electron chi connectivity index (χ4n) is 1.19. The van der Waals surface area contributed by atoms with Gasteiger partial charge in [0, 0.05) is 6.61 Å². The molecule has 0 saturated heterocycles. The van der Waals surface area contributed by atoms with E-state index < -0.39 is 0 Å². The molecule has 0 spiro atoms. The molecular formula is C11H19BrN2O2. The lowest BCUT2D eigenvalue weighted by molar-refractivity contribution is -0.697. The maximum atomic E-state index is 5.40. The van der Waals surface area contributed by atoms with Crippen molar-refractivity contribution in [3.63, 3.8) is 0 Å². The Morgan fingerprint density at radius 3 is 2.69 bits per heavy atom. The van der Waals surface area contributed by atoms with E-state index in [1.807, 2.05) is 30.2 Å². The van der Waals surface area contributed by atoms with Crippen LogP contribution in [0.1, 0.15) is 6.92 Å². The molecule has 92 valence electrons. The number of aromatic nitrogens is 2. The summed E-state index contributed by atoms with van der Waals surface area (Å²) in [6.45, 7) is 9.31. The molecule has 0 N–H and O–H groups in total. The van der Waals surface area contributed by atoms with Gasteiger partial charge in [0.05, 0.1) is 26.0 Å². The van der Waals surface area contributed by atoms with Crippen LogP contribution in [-0.2, 0) is 16.0 Å². The molecule has 0 amide bonds. The highest BCUT2D eigenvalue weighted by molar-refractivity contribution is 5.12. The summed E-state index contributed by atoms with van der Waals surface area (Å²) in [6, 6.07) is 0. The molecule has 1 rings (SSSR count). The third-order valence-electron chi connectivity index (χ3n) is 1.99.